The molecule has 0 aromatic heterocycles. The van der Waals surface area contributed by atoms with E-state index in [1.807, 2.05) is 16.7 Å². The fourth-order valence-corrected chi connectivity index (χ4v) is 4.39. The van der Waals surface area contributed by atoms with Crippen LogP contribution >= 0.6 is 11.8 Å². The van der Waals surface area contributed by atoms with Gasteiger partial charge >= 0.3 is 0 Å². The average molecular weight is 419 g/mol. The van der Waals surface area contributed by atoms with Gasteiger partial charge in [-0.2, -0.15) is 11.8 Å². The molecule has 2 aliphatic rings. The lowest BCUT2D eigenvalue weighted by Gasteiger charge is -2.26. The Kier molecular flexibility index (Phi) is 7.27. The van der Waals surface area contributed by atoms with Crippen LogP contribution in [-0.4, -0.2) is 65.6 Å². The van der Waals surface area contributed by atoms with E-state index in [1.165, 1.54) is 0 Å². The van der Waals surface area contributed by atoms with Gasteiger partial charge in [-0.15, -0.1) is 0 Å². The predicted octanol–water partition coefficient (Wildman–Crippen LogP) is -0.0856. The third-order valence-corrected chi connectivity index (χ3v) is 6.13. The van der Waals surface area contributed by atoms with Crippen molar-refractivity contribution in [1.82, 2.24) is 15.5 Å². The largest absolute Gasteiger partial charge is 0.356 e. The Morgan fingerprint density at radius 1 is 1.28 bits per heavy atom. The normalized spacial score (nSPS) is 20.1. The first kappa shape index (κ1) is 21.3. The molecule has 8 nitrogen and oxygen atoms in total. The predicted molar refractivity (Wildman–Crippen MR) is 110 cm³/mol. The molecule has 156 valence electrons. The number of ketones is 1. The molecule has 2 saturated heterocycles. The van der Waals surface area contributed by atoms with Gasteiger partial charge in [-0.1, -0.05) is 12.1 Å². The second-order valence-electron chi connectivity index (χ2n) is 7.27. The van der Waals surface area contributed by atoms with Gasteiger partial charge in [0.25, 0.3) is 11.8 Å². The van der Waals surface area contributed by atoms with E-state index in [0.29, 0.717) is 18.5 Å². The maximum Gasteiger partial charge on any atom is 0.289 e. The monoisotopic (exact) mass is 418 g/mol. The van der Waals surface area contributed by atoms with Crippen LogP contribution in [0.1, 0.15) is 28.8 Å². The lowest BCUT2D eigenvalue weighted by Crippen LogP contribution is -2.43. The number of amides is 3. The fourth-order valence-electron chi connectivity index (χ4n) is 3.48. The molecule has 9 heteroatoms. The molecule has 2 fully saturated rings. The van der Waals surface area contributed by atoms with Crippen LogP contribution in [0.5, 0.6) is 0 Å². The molecule has 4 N–H and O–H groups in total. The Balaban J connectivity index is 1.52. The van der Waals surface area contributed by atoms with Gasteiger partial charge in [-0.05, 0) is 30.5 Å². The zero-order valence-corrected chi connectivity index (χ0v) is 17.0. The molecule has 1 aromatic carbocycles. The van der Waals surface area contributed by atoms with Gasteiger partial charge in [0.2, 0.25) is 11.7 Å². The summed E-state index contributed by atoms with van der Waals surface area (Å²) in [5, 5.41) is 5.25. The van der Waals surface area contributed by atoms with E-state index in [1.54, 1.807) is 24.3 Å². The Labute approximate surface area is 173 Å². The summed E-state index contributed by atoms with van der Waals surface area (Å²) in [5.41, 5.74) is 7.13. The Bertz CT molecular complexity index is 794. The number of nitrogens with two attached hydrogens (primary N) is 1. The Hall–Kier alpha value is -2.39. The molecule has 1 aromatic rings. The second-order valence-corrected chi connectivity index (χ2v) is 8.50. The summed E-state index contributed by atoms with van der Waals surface area (Å²) in [5.74, 6) is -0.103. The first-order valence-electron chi connectivity index (χ1n) is 9.77. The summed E-state index contributed by atoms with van der Waals surface area (Å²) in [4.78, 5) is 50.4. The van der Waals surface area contributed by atoms with Gasteiger partial charge in [0.05, 0.1) is 6.04 Å². The summed E-state index contributed by atoms with van der Waals surface area (Å²) in [7, 11) is 0. The van der Waals surface area contributed by atoms with E-state index in [2.05, 4.69) is 10.6 Å². The Morgan fingerprint density at radius 2 is 2.03 bits per heavy atom. The molecule has 0 spiro atoms. The molecule has 3 rings (SSSR count). The molecule has 2 heterocycles. The highest BCUT2D eigenvalue weighted by Gasteiger charge is 2.30. The van der Waals surface area contributed by atoms with Crippen molar-refractivity contribution < 1.29 is 19.2 Å². The van der Waals surface area contributed by atoms with Crippen molar-refractivity contribution in [2.24, 2.45) is 11.7 Å². The minimum atomic E-state index is -1.01. The van der Waals surface area contributed by atoms with Gasteiger partial charge < -0.3 is 21.3 Å². The molecular weight excluding hydrogens is 392 g/mol. The summed E-state index contributed by atoms with van der Waals surface area (Å²) in [6.45, 7) is 2.16. The number of thioether (sulfide) groups is 1. The van der Waals surface area contributed by atoms with Gasteiger partial charge in [0.1, 0.15) is 0 Å². The smallest absolute Gasteiger partial charge is 0.289 e. The third-order valence-electron chi connectivity index (χ3n) is 5.19. The number of nitrogens with one attached hydrogen (secondary N) is 2. The van der Waals surface area contributed by atoms with Crippen LogP contribution in [0.4, 0.5) is 0 Å². The lowest BCUT2D eigenvalue weighted by molar-refractivity contribution is -0.139. The van der Waals surface area contributed by atoms with Gasteiger partial charge in [0, 0.05) is 49.2 Å². The van der Waals surface area contributed by atoms with Crippen LogP contribution in [0.25, 0.3) is 0 Å². The molecule has 0 aliphatic carbocycles. The summed E-state index contributed by atoms with van der Waals surface area (Å²) >= 11 is 1.83. The van der Waals surface area contributed by atoms with Crippen molar-refractivity contribution in [3.05, 3.63) is 35.4 Å². The van der Waals surface area contributed by atoms with Crippen LogP contribution < -0.4 is 16.4 Å². The molecular formula is C20H26N4O4S. The van der Waals surface area contributed by atoms with Crippen molar-refractivity contribution >= 4 is 35.3 Å². The number of Topliss-reactive ketones (excluding diaryl/α,β-unsaturated/α-hetero) is 1. The maximum absolute atomic E-state index is 12.6. The Morgan fingerprint density at radius 3 is 2.72 bits per heavy atom. The second kappa shape index (κ2) is 9.89. The molecule has 0 unspecified atom stereocenters. The minimum absolute atomic E-state index is 0.0218. The van der Waals surface area contributed by atoms with Crippen molar-refractivity contribution in [2.45, 2.75) is 25.4 Å². The quantitative estimate of drug-likeness (QED) is 0.532. The minimum Gasteiger partial charge on any atom is -0.356 e. The van der Waals surface area contributed by atoms with E-state index in [9.17, 15) is 19.2 Å². The van der Waals surface area contributed by atoms with Crippen LogP contribution in [-0.2, 0) is 20.9 Å². The number of nitrogens with zero attached hydrogens (tertiary/aromatic N) is 1. The van der Waals surface area contributed by atoms with E-state index in [-0.39, 0.29) is 30.7 Å². The van der Waals surface area contributed by atoms with Crippen molar-refractivity contribution in [3.63, 3.8) is 0 Å². The SMILES string of the molecule is N[C@@H](C[C@@H]1CCNC1=O)C(=O)C(=O)NCc1cccc(C(=O)N2CCSCC2)c1. The van der Waals surface area contributed by atoms with Crippen molar-refractivity contribution in [2.75, 3.05) is 31.1 Å². The first-order chi connectivity index (χ1) is 14.0. The van der Waals surface area contributed by atoms with Crippen LogP contribution in [0.3, 0.4) is 0 Å². The first-order valence-corrected chi connectivity index (χ1v) is 10.9. The number of hydrogen-bond acceptors (Lipinski definition) is 6. The van der Waals surface area contributed by atoms with Crippen molar-refractivity contribution in [1.29, 1.82) is 0 Å². The average Bonchev–Trinajstić information content (AvgIpc) is 3.16. The number of carbonyl (C=O) groups is 4. The van der Waals surface area contributed by atoms with Gasteiger partial charge in [0.15, 0.2) is 0 Å². The number of hydrogen-bond donors (Lipinski definition) is 3. The summed E-state index contributed by atoms with van der Waals surface area (Å²) in [6, 6.07) is 6.03. The van der Waals surface area contributed by atoms with E-state index < -0.39 is 17.7 Å². The molecule has 2 aliphatic heterocycles. The zero-order chi connectivity index (χ0) is 20.8. The highest BCUT2D eigenvalue weighted by atomic mass is 32.2. The van der Waals surface area contributed by atoms with Crippen LogP contribution in [0, 0.1) is 5.92 Å². The number of rotatable bonds is 7. The van der Waals surface area contributed by atoms with Crippen LogP contribution in [0.15, 0.2) is 24.3 Å². The van der Waals surface area contributed by atoms with E-state index in [0.717, 1.165) is 30.2 Å². The highest BCUT2D eigenvalue weighted by molar-refractivity contribution is 7.99. The van der Waals surface area contributed by atoms with Crippen LogP contribution in [0.2, 0.25) is 0 Å². The standard InChI is InChI=1S/C20H26N4O4S/c21-16(11-14-4-5-22-18(14)26)17(25)19(27)23-12-13-2-1-3-15(10-13)20(28)24-6-8-29-9-7-24/h1-3,10,14,16H,4-9,11-12,21H2,(H,22,26)(H,23,27)/t14-,16-/m0/s1. The molecule has 0 radical (unpaired) electrons. The number of carbonyl (C=O) groups excluding carboxylic acids is 4. The van der Waals surface area contributed by atoms with Crippen molar-refractivity contribution in [3.8, 4) is 0 Å². The fraction of sp³-hybridized carbons (Fsp3) is 0.500. The van der Waals surface area contributed by atoms with Gasteiger partial charge in [-0.25, -0.2) is 0 Å². The zero-order valence-electron chi connectivity index (χ0n) is 16.2. The molecule has 3 amide bonds. The maximum atomic E-state index is 12.6. The lowest BCUT2D eigenvalue weighted by atomic mass is 9.96. The molecule has 0 saturated carbocycles. The summed E-state index contributed by atoms with van der Waals surface area (Å²) < 4.78 is 0. The highest BCUT2D eigenvalue weighted by Crippen LogP contribution is 2.16. The van der Waals surface area contributed by atoms with Gasteiger partial charge in [-0.3, -0.25) is 19.2 Å². The molecule has 2 atom stereocenters. The van der Waals surface area contributed by atoms with E-state index in [4.69, 9.17) is 5.73 Å². The number of benzene rings is 1. The molecule has 0 bridgehead atoms. The van der Waals surface area contributed by atoms with E-state index >= 15 is 0 Å². The third kappa shape index (κ3) is 5.57. The molecule has 29 heavy (non-hydrogen) atoms. The summed E-state index contributed by atoms with van der Waals surface area (Å²) in [6.07, 6.45) is 0.786. The topological polar surface area (TPSA) is 122 Å².